The number of aliphatic hydroxyl groups excluding tert-OH is 1. The first-order chi connectivity index (χ1) is 12.3. The zero-order valence-corrected chi connectivity index (χ0v) is 13.8. The highest BCUT2D eigenvalue weighted by Gasteiger charge is 2.32. The predicted molar refractivity (Wildman–Crippen MR) is 94.2 cm³/mol. The van der Waals surface area contributed by atoms with E-state index in [2.05, 4.69) is 27.1 Å². The van der Waals surface area contributed by atoms with Gasteiger partial charge in [0.05, 0.1) is 17.4 Å². The number of aliphatic hydroxyl groups is 1. The van der Waals surface area contributed by atoms with Crippen molar-refractivity contribution >= 4 is 17.1 Å². The van der Waals surface area contributed by atoms with Crippen LogP contribution in [0.1, 0.15) is 28.3 Å². The Balaban J connectivity index is 1.57. The molecule has 4 rings (SSSR count). The fourth-order valence-corrected chi connectivity index (χ4v) is 3.74. The minimum absolute atomic E-state index is 0.0402. The van der Waals surface area contributed by atoms with Crippen LogP contribution in [-0.4, -0.2) is 50.6 Å². The van der Waals surface area contributed by atoms with Crippen molar-refractivity contribution in [3.05, 3.63) is 60.0 Å². The Labute approximate surface area is 145 Å². The number of carbonyl (C=O) groups is 1. The van der Waals surface area contributed by atoms with Gasteiger partial charge in [0.2, 0.25) is 0 Å². The van der Waals surface area contributed by atoms with Crippen molar-refractivity contribution in [2.24, 2.45) is 5.92 Å². The van der Waals surface area contributed by atoms with Crippen LogP contribution in [0.25, 0.3) is 11.2 Å². The van der Waals surface area contributed by atoms with Crippen LogP contribution >= 0.6 is 0 Å². The molecule has 1 aliphatic heterocycles. The maximum absolute atomic E-state index is 13.0. The molecular weight excluding hydrogens is 316 g/mol. The van der Waals surface area contributed by atoms with Gasteiger partial charge in [-0.15, -0.1) is 0 Å². The molecule has 0 unspecified atom stereocenters. The normalized spacial score (nSPS) is 20.8. The lowest BCUT2D eigenvalue weighted by molar-refractivity contribution is 0.0579. The molecular formula is C19H20N4O2. The Morgan fingerprint density at radius 2 is 2.08 bits per heavy atom. The van der Waals surface area contributed by atoms with E-state index in [4.69, 9.17) is 0 Å². The number of likely N-dealkylation sites (tertiary alicyclic amines) is 1. The van der Waals surface area contributed by atoms with E-state index < -0.39 is 0 Å². The lowest BCUT2D eigenvalue weighted by atomic mass is 9.81. The third-order valence-corrected chi connectivity index (χ3v) is 5.04. The molecule has 0 saturated carbocycles. The zero-order valence-electron chi connectivity index (χ0n) is 13.8. The number of hydrogen-bond acceptors (Lipinski definition) is 4. The Kier molecular flexibility index (Phi) is 4.19. The first-order valence-corrected chi connectivity index (χ1v) is 8.51. The quantitative estimate of drug-likeness (QED) is 0.768. The number of fused-ring (bicyclic) bond motifs is 1. The second-order valence-corrected chi connectivity index (χ2v) is 6.46. The second kappa shape index (κ2) is 6.64. The third-order valence-electron chi connectivity index (χ3n) is 5.04. The van der Waals surface area contributed by atoms with Crippen molar-refractivity contribution in [3.63, 3.8) is 0 Å². The third kappa shape index (κ3) is 2.89. The molecule has 0 spiro atoms. The Hall–Kier alpha value is -2.73. The minimum atomic E-state index is -0.0402. The molecule has 1 aliphatic rings. The maximum Gasteiger partial charge on any atom is 0.256 e. The summed E-state index contributed by atoms with van der Waals surface area (Å²) >= 11 is 0. The van der Waals surface area contributed by atoms with Crippen molar-refractivity contribution in [2.45, 2.75) is 12.3 Å². The van der Waals surface area contributed by atoms with E-state index in [9.17, 15) is 9.90 Å². The highest BCUT2D eigenvalue weighted by molar-refractivity contribution is 6.03. The van der Waals surface area contributed by atoms with E-state index in [1.807, 2.05) is 23.1 Å². The van der Waals surface area contributed by atoms with Gasteiger partial charge in [-0.1, -0.05) is 30.3 Å². The van der Waals surface area contributed by atoms with E-state index in [0.29, 0.717) is 29.8 Å². The maximum atomic E-state index is 13.0. The number of rotatable bonds is 3. The Bertz CT molecular complexity index is 877. The van der Waals surface area contributed by atoms with Gasteiger partial charge in [-0.3, -0.25) is 4.79 Å². The molecule has 6 nitrogen and oxygen atoms in total. The van der Waals surface area contributed by atoms with E-state index in [1.165, 1.54) is 5.56 Å². The summed E-state index contributed by atoms with van der Waals surface area (Å²) in [7, 11) is 0. The summed E-state index contributed by atoms with van der Waals surface area (Å²) in [5, 5.41) is 9.87. The summed E-state index contributed by atoms with van der Waals surface area (Å²) in [6.07, 6.45) is 4.00. The average Bonchev–Trinajstić information content (AvgIpc) is 3.16. The number of H-pyrrole nitrogens is 1. The van der Waals surface area contributed by atoms with E-state index >= 15 is 0 Å². The monoisotopic (exact) mass is 336 g/mol. The second-order valence-electron chi connectivity index (χ2n) is 6.46. The van der Waals surface area contributed by atoms with Gasteiger partial charge in [0.25, 0.3) is 5.91 Å². The lowest BCUT2D eigenvalue weighted by Gasteiger charge is -2.38. The van der Waals surface area contributed by atoms with E-state index in [1.54, 1.807) is 18.6 Å². The van der Waals surface area contributed by atoms with Crippen molar-refractivity contribution in [3.8, 4) is 0 Å². The number of aromatic amines is 1. The molecule has 25 heavy (non-hydrogen) atoms. The number of aromatic nitrogens is 3. The van der Waals surface area contributed by atoms with Gasteiger partial charge >= 0.3 is 0 Å². The number of hydrogen-bond donors (Lipinski definition) is 2. The highest BCUT2D eigenvalue weighted by atomic mass is 16.3. The summed E-state index contributed by atoms with van der Waals surface area (Å²) < 4.78 is 0. The summed E-state index contributed by atoms with van der Waals surface area (Å²) in [5.74, 6) is 0.278. The molecule has 0 aliphatic carbocycles. The molecule has 1 amide bonds. The molecule has 3 aromatic rings. The summed E-state index contributed by atoms with van der Waals surface area (Å²) in [4.78, 5) is 26.1. The van der Waals surface area contributed by atoms with Crippen molar-refractivity contribution in [2.75, 3.05) is 19.7 Å². The first kappa shape index (κ1) is 15.8. The van der Waals surface area contributed by atoms with Gasteiger partial charge in [-0.25, -0.2) is 9.97 Å². The van der Waals surface area contributed by atoms with Crippen LogP contribution in [0.2, 0.25) is 0 Å². The summed E-state index contributed by atoms with van der Waals surface area (Å²) in [6, 6.07) is 12.0. The fraction of sp³-hybridized carbons (Fsp3) is 0.316. The molecule has 2 aromatic heterocycles. The van der Waals surface area contributed by atoms with Crippen LogP contribution < -0.4 is 0 Å². The molecule has 1 fully saturated rings. The van der Waals surface area contributed by atoms with Crippen LogP contribution in [0, 0.1) is 5.92 Å². The Morgan fingerprint density at radius 3 is 2.88 bits per heavy atom. The lowest BCUT2D eigenvalue weighted by Crippen LogP contribution is -2.44. The number of nitrogens with zero attached hydrogens (tertiary/aromatic N) is 3. The zero-order chi connectivity index (χ0) is 17.2. The van der Waals surface area contributed by atoms with Crippen molar-refractivity contribution < 1.29 is 9.90 Å². The SMILES string of the molecule is O=C(c1ccnc2nc[nH]c12)N1CC[C@@H](c2ccccc2)[C@@H](CO)C1. The molecule has 0 bridgehead atoms. The van der Waals surface area contributed by atoms with Crippen LogP contribution in [-0.2, 0) is 0 Å². The first-order valence-electron chi connectivity index (χ1n) is 8.51. The molecule has 6 heteroatoms. The van der Waals surface area contributed by atoms with Gasteiger partial charge in [0.15, 0.2) is 5.65 Å². The van der Waals surface area contributed by atoms with Crippen molar-refractivity contribution in [1.82, 2.24) is 19.9 Å². The van der Waals surface area contributed by atoms with Crippen LogP contribution in [0.5, 0.6) is 0 Å². The number of nitrogens with one attached hydrogen (secondary N) is 1. The number of imidazole rings is 1. The van der Waals surface area contributed by atoms with Crippen LogP contribution in [0.15, 0.2) is 48.9 Å². The molecule has 2 atom stereocenters. The number of carbonyl (C=O) groups excluding carboxylic acids is 1. The minimum Gasteiger partial charge on any atom is -0.396 e. The predicted octanol–water partition coefficient (Wildman–Crippen LogP) is 2.20. The number of amides is 1. The standard InChI is InChI=1S/C19H20N4O2/c24-11-14-10-23(9-7-15(14)13-4-2-1-3-5-13)19(25)16-6-8-20-18-17(16)21-12-22-18/h1-6,8,12,14-15,24H,7,9-11H2,(H,20,21,22)/t14-,15+/m1/s1. The van der Waals surface area contributed by atoms with Crippen LogP contribution in [0.4, 0.5) is 0 Å². The van der Waals surface area contributed by atoms with Gasteiger partial charge < -0.3 is 15.0 Å². The number of pyridine rings is 1. The Morgan fingerprint density at radius 1 is 1.24 bits per heavy atom. The average molecular weight is 336 g/mol. The molecule has 128 valence electrons. The molecule has 1 saturated heterocycles. The van der Waals surface area contributed by atoms with Gasteiger partial charge in [0.1, 0.15) is 0 Å². The van der Waals surface area contributed by atoms with E-state index in [0.717, 1.165) is 6.42 Å². The van der Waals surface area contributed by atoms with Crippen LogP contribution in [0.3, 0.4) is 0 Å². The molecule has 3 heterocycles. The van der Waals surface area contributed by atoms with Gasteiger partial charge in [-0.05, 0) is 24.0 Å². The molecule has 0 radical (unpaired) electrons. The topological polar surface area (TPSA) is 82.1 Å². The fourth-order valence-electron chi connectivity index (χ4n) is 3.74. The molecule has 2 N–H and O–H groups in total. The molecule has 1 aromatic carbocycles. The summed E-state index contributed by atoms with van der Waals surface area (Å²) in [6.45, 7) is 1.29. The summed E-state index contributed by atoms with van der Waals surface area (Å²) in [5.41, 5.74) is 3.02. The van der Waals surface area contributed by atoms with Crippen molar-refractivity contribution in [1.29, 1.82) is 0 Å². The van der Waals surface area contributed by atoms with Gasteiger partial charge in [0, 0.05) is 31.8 Å². The largest absolute Gasteiger partial charge is 0.396 e. The highest BCUT2D eigenvalue weighted by Crippen LogP contribution is 2.33. The van der Waals surface area contributed by atoms with Gasteiger partial charge in [-0.2, -0.15) is 0 Å². The number of piperidine rings is 1. The smallest absolute Gasteiger partial charge is 0.256 e. The van der Waals surface area contributed by atoms with E-state index in [-0.39, 0.29) is 24.3 Å². The number of benzene rings is 1.